The zero-order valence-corrected chi connectivity index (χ0v) is 19.9. The Morgan fingerprint density at radius 3 is 1.86 bits per heavy atom. The van der Waals surface area contributed by atoms with Gasteiger partial charge < -0.3 is 0 Å². The average molecular weight is 389 g/mol. The van der Waals surface area contributed by atoms with Crippen molar-refractivity contribution < 1.29 is 0 Å². The molecular formula is C28H52. The van der Waals surface area contributed by atoms with Crippen LogP contribution in [-0.2, 0) is 0 Å². The average Bonchev–Trinajstić information content (AvgIpc) is 3.17. The molecular weight excluding hydrogens is 336 g/mol. The molecule has 0 saturated heterocycles. The second-order valence-electron chi connectivity index (χ2n) is 11.1. The lowest BCUT2D eigenvalue weighted by Crippen LogP contribution is -2.38. The lowest BCUT2D eigenvalue weighted by atomic mass is 9.59. The molecule has 3 aliphatic rings. The molecule has 0 N–H and O–H groups in total. The predicted molar refractivity (Wildman–Crippen MR) is 124 cm³/mol. The van der Waals surface area contributed by atoms with Gasteiger partial charge in [0.05, 0.1) is 0 Å². The van der Waals surface area contributed by atoms with Crippen molar-refractivity contribution in [2.45, 2.75) is 130 Å². The summed E-state index contributed by atoms with van der Waals surface area (Å²) in [5, 5.41) is 0. The maximum Gasteiger partial charge on any atom is -0.0326 e. The fourth-order valence-electron chi connectivity index (χ4n) is 8.50. The van der Waals surface area contributed by atoms with Gasteiger partial charge >= 0.3 is 0 Å². The highest BCUT2D eigenvalue weighted by atomic mass is 14.5. The summed E-state index contributed by atoms with van der Waals surface area (Å²) in [5.41, 5.74) is 0. The Kier molecular flexibility index (Phi) is 9.24. The van der Waals surface area contributed by atoms with Crippen LogP contribution in [0, 0.1) is 47.3 Å². The highest BCUT2D eigenvalue weighted by Gasteiger charge is 2.47. The highest BCUT2D eigenvalue weighted by Crippen LogP contribution is 2.55. The van der Waals surface area contributed by atoms with Crippen LogP contribution in [0.2, 0.25) is 0 Å². The van der Waals surface area contributed by atoms with Gasteiger partial charge in [-0.3, -0.25) is 0 Å². The maximum atomic E-state index is 2.49. The van der Waals surface area contributed by atoms with E-state index in [2.05, 4.69) is 27.7 Å². The van der Waals surface area contributed by atoms with E-state index >= 15 is 0 Å². The third kappa shape index (κ3) is 5.18. The van der Waals surface area contributed by atoms with E-state index in [0.717, 1.165) is 47.3 Å². The summed E-state index contributed by atoms with van der Waals surface area (Å²) < 4.78 is 0. The second kappa shape index (κ2) is 11.4. The molecule has 3 aliphatic carbocycles. The van der Waals surface area contributed by atoms with E-state index in [-0.39, 0.29) is 0 Å². The summed E-state index contributed by atoms with van der Waals surface area (Å²) >= 11 is 0. The van der Waals surface area contributed by atoms with Crippen LogP contribution in [0.1, 0.15) is 130 Å². The molecule has 0 aliphatic heterocycles. The van der Waals surface area contributed by atoms with E-state index in [1.807, 2.05) is 0 Å². The quantitative estimate of drug-likeness (QED) is 0.345. The summed E-state index contributed by atoms with van der Waals surface area (Å²) in [6, 6.07) is 0. The summed E-state index contributed by atoms with van der Waals surface area (Å²) in [4.78, 5) is 0. The molecule has 3 fully saturated rings. The molecule has 3 rings (SSSR count). The van der Waals surface area contributed by atoms with E-state index in [4.69, 9.17) is 0 Å². The lowest BCUT2D eigenvalue weighted by molar-refractivity contribution is 0.0314. The minimum Gasteiger partial charge on any atom is -0.0654 e. The van der Waals surface area contributed by atoms with E-state index in [1.54, 1.807) is 44.9 Å². The molecule has 0 bridgehead atoms. The first-order valence-corrected chi connectivity index (χ1v) is 13.7. The van der Waals surface area contributed by atoms with Crippen LogP contribution in [0.5, 0.6) is 0 Å². The molecule has 5 unspecified atom stereocenters. The van der Waals surface area contributed by atoms with Crippen molar-refractivity contribution >= 4 is 0 Å². The van der Waals surface area contributed by atoms with Crippen molar-refractivity contribution in [3.8, 4) is 0 Å². The smallest absolute Gasteiger partial charge is 0.0326 e. The molecule has 0 nitrogen and oxygen atoms in total. The number of unbranched alkanes of at least 4 members (excludes halogenated alkanes) is 2. The highest BCUT2D eigenvalue weighted by molar-refractivity contribution is 4.96. The predicted octanol–water partition coefficient (Wildman–Crippen LogP) is 9.28. The molecule has 0 radical (unpaired) electrons. The molecule has 28 heavy (non-hydrogen) atoms. The van der Waals surface area contributed by atoms with Gasteiger partial charge in [0.25, 0.3) is 0 Å². The van der Waals surface area contributed by atoms with Gasteiger partial charge in [0, 0.05) is 0 Å². The van der Waals surface area contributed by atoms with E-state index < -0.39 is 0 Å². The number of hydrogen-bond acceptors (Lipinski definition) is 0. The second-order valence-corrected chi connectivity index (χ2v) is 11.1. The van der Waals surface area contributed by atoms with Gasteiger partial charge in [-0.05, 0) is 73.0 Å². The van der Waals surface area contributed by atoms with Crippen molar-refractivity contribution in [2.24, 2.45) is 47.3 Å². The molecule has 0 amide bonds. The zero-order chi connectivity index (χ0) is 19.9. The van der Waals surface area contributed by atoms with Crippen LogP contribution >= 0.6 is 0 Å². The fourth-order valence-corrected chi connectivity index (χ4v) is 8.50. The first kappa shape index (κ1) is 22.7. The van der Waals surface area contributed by atoms with Crippen LogP contribution in [0.25, 0.3) is 0 Å². The lowest BCUT2D eigenvalue weighted by Gasteiger charge is -2.46. The normalized spacial score (nSPS) is 40.1. The van der Waals surface area contributed by atoms with Crippen LogP contribution in [-0.4, -0.2) is 0 Å². The van der Waals surface area contributed by atoms with Crippen molar-refractivity contribution in [1.82, 2.24) is 0 Å². The van der Waals surface area contributed by atoms with Crippen molar-refractivity contribution in [2.75, 3.05) is 0 Å². The Labute approximate surface area is 178 Å². The Hall–Kier alpha value is 0. The van der Waals surface area contributed by atoms with E-state index in [9.17, 15) is 0 Å². The van der Waals surface area contributed by atoms with Crippen LogP contribution in [0.15, 0.2) is 0 Å². The minimum atomic E-state index is 1.03. The van der Waals surface area contributed by atoms with Gasteiger partial charge in [-0.15, -0.1) is 0 Å². The monoisotopic (exact) mass is 388 g/mol. The van der Waals surface area contributed by atoms with Gasteiger partial charge in [0.2, 0.25) is 0 Å². The first-order chi connectivity index (χ1) is 13.7. The van der Waals surface area contributed by atoms with Crippen LogP contribution in [0.4, 0.5) is 0 Å². The standard InChI is InChI=1S/C28H52/c1-5-9-11-14-24-17-18-27(28(24)23-15-12-10-13-16-23)25-19-21(6-2)26(8-4)22(7-3)20-25/h21-28H,5-20H2,1-4H3. The van der Waals surface area contributed by atoms with Crippen molar-refractivity contribution in [1.29, 1.82) is 0 Å². The molecule has 0 aromatic heterocycles. The summed E-state index contributed by atoms with van der Waals surface area (Å²) in [7, 11) is 0. The van der Waals surface area contributed by atoms with Gasteiger partial charge in [-0.1, -0.05) is 105 Å². The molecule has 164 valence electrons. The largest absolute Gasteiger partial charge is 0.0654 e. The van der Waals surface area contributed by atoms with Crippen molar-refractivity contribution in [3.05, 3.63) is 0 Å². The first-order valence-electron chi connectivity index (χ1n) is 13.7. The molecule has 0 heteroatoms. The third-order valence-corrected chi connectivity index (χ3v) is 9.83. The molecule has 0 aromatic carbocycles. The van der Waals surface area contributed by atoms with Crippen LogP contribution < -0.4 is 0 Å². The minimum absolute atomic E-state index is 1.03. The van der Waals surface area contributed by atoms with Gasteiger partial charge in [-0.2, -0.15) is 0 Å². The summed E-state index contributed by atoms with van der Waals surface area (Å²) in [6.45, 7) is 9.82. The fraction of sp³-hybridized carbons (Fsp3) is 1.00. The summed E-state index contributed by atoms with van der Waals surface area (Å²) in [5.74, 6) is 8.54. The Bertz CT molecular complexity index is 406. The molecule has 3 saturated carbocycles. The third-order valence-electron chi connectivity index (χ3n) is 9.83. The molecule has 0 aromatic rings. The van der Waals surface area contributed by atoms with Crippen molar-refractivity contribution in [3.63, 3.8) is 0 Å². The number of rotatable bonds is 9. The Morgan fingerprint density at radius 1 is 0.607 bits per heavy atom. The maximum absolute atomic E-state index is 2.49. The topological polar surface area (TPSA) is 0 Å². The zero-order valence-electron chi connectivity index (χ0n) is 19.9. The van der Waals surface area contributed by atoms with Crippen LogP contribution in [0.3, 0.4) is 0 Å². The van der Waals surface area contributed by atoms with Gasteiger partial charge in [0.1, 0.15) is 0 Å². The Morgan fingerprint density at radius 2 is 1.29 bits per heavy atom. The Balaban J connectivity index is 1.73. The molecule has 0 spiro atoms. The van der Waals surface area contributed by atoms with E-state index in [0.29, 0.717) is 0 Å². The van der Waals surface area contributed by atoms with Gasteiger partial charge in [-0.25, -0.2) is 0 Å². The SMILES string of the molecule is CCCCCC1CCC(C2CC(CC)C(CC)C(CC)C2)C1C1CCCCC1. The summed E-state index contributed by atoms with van der Waals surface area (Å²) in [6.07, 6.45) is 24.3. The number of hydrogen-bond donors (Lipinski definition) is 0. The van der Waals surface area contributed by atoms with Gasteiger partial charge in [0.15, 0.2) is 0 Å². The molecule has 0 heterocycles. The van der Waals surface area contributed by atoms with E-state index in [1.165, 1.54) is 57.8 Å². The molecule has 5 atom stereocenters.